The Bertz CT molecular complexity index is 222. The van der Waals surface area contributed by atoms with Gasteiger partial charge >= 0.3 is 0 Å². The van der Waals surface area contributed by atoms with E-state index in [1.807, 2.05) is 0 Å². The molecular weight excluding hydrogens is 212 g/mol. The summed E-state index contributed by atoms with van der Waals surface area (Å²) in [5, 5.41) is 13.4. The van der Waals surface area contributed by atoms with E-state index in [1.165, 1.54) is 38.6 Å². The van der Waals surface area contributed by atoms with E-state index < -0.39 is 0 Å². The largest absolute Gasteiger partial charge is 0.390 e. The monoisotopic (exact) mass is 240 g/mol. The van der Waals surface area contributed by atoms with E-state index in [-0.39, 0.29) is 6.10 Å². The molecule has 1 aliphatic carbocycles. The average molecular weight is 240 g/mol. The van der Waals surface area contributed by atoms with Gasteiger partial charge in [-0.2, -0.15) is 0 Å². The molecule has 17 heavy (non-hydrogen) atoms. The molecule has 0 aromatic rings. The molecule has 3 unspecified atom stereocenters. The Morgan fingerprint density at radius 3 is 2.94 bits per heavy atom. The molecule has 3 atom stereocenters. The number of nitrogens with zero attached hydrogens (tertiary/aromatic N) is 1. The molecule has 2 rings (SSSR count). The highest BCUT2D eigenvalue weighted by molar-refractivity contribution is 4.89. The van der Waals surface area contributed by atoms with Crippen molar-refractivity contribution < 1.29 is 5.11 Å². The quantitative estimate of drug-likeness (QED) is 0.692. The topological polar surface area (TPSA) is 35.5 Å². The van der Waals surface area contributed by atoms with E-state index >= 15 is 0 Å². The van der Waals surface area contributed by atoms with Gasteiger partial charge in [0.05, 0.1) is 6.10 Å². The number of nitrogens with one attached hydrogen (secondary N) is 1. The van der Waals surface area contributed by atoms with E-state index in [1.54, 1.807) is 0 Å². The predicted octanol–water partition coefficient (Wildman–Crippen LogP) is 1.61. The summed E-state index contributed by atoms with van der Waals surface area (Å²) in [5.41, 5.74) is 0. The summed E-state index contributed by atoms with van der Waals surface area (Å²) in [7, 11) is 0. The Kier molecular flexibility index (Phi) is 5.26. The van der Waals surface area contributed by atoms with Gasteiger partial charge in [0.25, 0.3) is 0 Å². The number of rotatable bonds is 6. The number of hydrogen-bond acceptors (Lipinski definition) is 3. The minimum absolute atomic E-state index is 0.194. The summed E-state index contributed by atoms with van der Waals surface area (Å²) in [6, 6.07) is 0.782. The molecule has 2 fully saturated rings. The normalized spacial score (nSPS) is 31.4. The van der Waals surface area contributed by atoms with Crippen LogP contribution >= 0.6 is 0 Å². The van der Waals surface area contributed by atoms with Gasteiger partial charge in [-0.05, 0) is 51.1 Å². The number of fused-ring (bicyclic) bond motifs is 1. The fraction of sp³-hybridized carbons (Fsp3) is 1.00. The maximum atomic E-state index is 10.0. The van der Waals surface area contributed by atoms with Crippen molar-refractivity contribution in [2.45, 2.75) is 57.6 Å². The second-order valence-electron chi connectivity index (χ2n) is 5.75. The van der Waals surface area contributed by atoms with Crippen LogP contribution in [0.15, 0.2) is 0 Å². The summed E-state index contributed by atoms with van der Waals surface area (Å²) in [6.07, 6.45) is 7.88. The number of aliphatic hydroxyl groups is 1. The van der Waals surface area contributed by atoms with Crippen molar-refractivity contribution in [1.82, 2.24) is 10.2 Å². The first-order chi connectivity index (χ1) is 8.31. The Hall–Kier alpha value is -0.120. The zero-order valence-electron chi connectivity index (χ0n) is 11.2. The highest BCUT2D eigenvalue weighted by Gasteiger charge is 2.35. The number of piperidine rings is 1. The number of hydrogen-bond donors (Lipinski definition) is 2. The third-order valence-corrected chi connectivity index (χ3v) is 4.36. The summed E-state index contributed by atoms with van der Waals surface area (Å²) in [6.45, 7) is 6.00. The van der Waals surface area contributed by atoms with Crippen molar-refractivity contribution >= 4 is 0 Å². The van der Waals surface area contributed by atoms with Crippen LogP contribution in [0.4, 0.5) is 0 Å². The number of aliphatic hydroxyl groups excluding tert-OH is 1. The minimum atomic E-state index is -0.194. The van der Waals surface area contributed by atoms with E-state index in [9.17, 15) is 5.11 Å². The summed E-state index contributed by atoms with van der Waals surface area (Å²) >= 11 is 0. The number of likely N-dealkylation sites (tertiary alicyclic amines) is 1. The Labute approximate surface area is 106 Å². The third-order valence-electron chi connectivity index (χ3n) is 4.36. The van der Waals surface area contributed by atoms with Gasteiger partial charge in [-0.25, -0.2) is 0 Å². The van der Waals surface area contributed by atoms with Crippen molar-refractivity contribution in [2.24, 2.45) is 5.92 Å². The maximum absolute atomic E-state index is 10.0. The van der Waals surface area contributed by atoms with E-state index in [0.717, 1.165) is 38.0 Å². The lowest BCUT2D eigenvalue weighted by Gasteiger charge is -2.38. The van der Waals surface area contributed by atoms with Crippen LogP contribution < -0.4 is 5.32 Å². The molecular formula is C14H28N2O. The van der Waals surface area contributed by atoms with Crippen LogP contribution in [0.1, 0.15) is 45.4 Å². The molecule has 0 spiro atoms. The Balaban J connectivity index is 1.73. The fourth-order valence-electron chi connectivity index (χ4n) is 3.56. The maximum Gasteiger partial charge on any atom is 0.0791 e. The first-order valence-corrected chi connectivity index (χ1v) is 7.44. The molecule has 1 saturated heterocycles. The highest BCUT2D eigenvalue weighted by Crippen LogP contribution is 2.36. The Morgan fingerprint density at radius 1 is 1.29 bits per heavy atom. The summed E-state index contributed by atoms with van der Waals surface area (Å²) < 4.78 is 0. The van der Waals surface area contributed by atoms with Crippen molar-refractivity contribution in [2.75, 3.05) is 26.2 Å². The molecule has 0 aromatic heterocycles. The van der Waals surface area contributed by atoms with Crippen LogP contribution in [0.25, 0.3) is 0 Å². The molecule has 2 N–H and O–H groups in total. The van der Waals surface area contributed by atoms with Crippen molar-refractivity contribution in [3.63, 3.8) is 0 Å². The summed E-state index contributed by atoms with van der Waals surface area (Å²) in [4.78, 5) is 2.56. The SMILES string of the molecule is CCCNCC(O)CN1CCCC2CCCC21. The molecule has 0 aromatic carbocycles. The molecule has 3 nitrogen and oxygen atoms in total. The first-order valence-electron chi connectivity index (χ1n) is 7.44. The van der Waals surface area contributed by atoms with Gasteiger partial charge in [-0.1, -0.05) is 13.3 Å². The van der Waals surface area contributed by atoms with Crippen LogP contribution in [-0.2, 0) is 0 Å². The van der Waals surface area contributed by atoms with Gasteiger partial charge in [-0.3, -0.25) is 4.90 Å². The fourth-order valence-corrected chi connectivity index (χ4v) is 3.56. The predicted molar refractivity (Wildman–Crippen MR) is 71.1 cm³/mol. The van der Waals surface area contributed by atoms with Crippen molar-refractivity contribution in [3.8, 4) is 0 Å². The smallest absolute Gasteiger partial charge is 0.0791 e. The summed E-state index contributed by atoms with van der Waals surface area (Å²) in [5.74, 6) is 0.930. The van der Waals surface area contributed by atoms with Gasteiger partial charge in [0.15, 0.2) is 0 Å². The molecule has 0 bridgehead atoms. The van der Waals surface area contributed by atoms with E-state index in [4.69, 9.17) is 0 Å². The molecule has 1 saturated carbocycles. The Morgan fingerprint density at radius 2 is 2.12 bits per heavy atom. The first kappa shape index (κ1) is 13.3. The lowest BCUT2D eigenvalue weighted by molar-refractivity contribution is 0.0512. The van der Waals surface area contributed by atoms with Gasteiger partial charge in [-0.15, -0.1) is 0 Å². The zero-order valence-corrected chi connectivity index (χ0v) is 11.2. The zero-order chi connectivity index (χ0) is 12.1. The average Bonchev–Trinajstić information content (AvgIpc) is 2.78. The van der Waals surface area contributed by atoms with Crippen LogP contribution in [0, 0.1) is 5.92 Å². The molecule has 0 amide bonds. The van der Waals surface area contributed by atoms with Gasteiger partial charge in [0.2, 0.25) is 0 Å². The standard InChI is InChI=1S/C14H28N2O/c1-2-8-15-10-13(17)11-16-9-4-6-12-5-3-7-14(12)16/h12-15,17H,2-11H2,1H3. The second-order valence-corrected chi connectivity index (χ2v) is 5.75. The van der Waals surface area contributed by atoms with Crippen LogP contribution in [-0.4, -0.2) is 48.3 Å². The number of β-amino-alcohol motifs (C(OH)–C–C–N with tert-alkyl or cyclic N) is 1. The molecule has 0 radical (unpaired) electrons. The molecule has 2 aliphatic rings. The van der Waals surface area contributed by atoms with Gasteiger partial charge in [0, 0.05) is 19.1 Å². The van der Waals surface area contributed by atoms with E-state index in [2.05, 4.69) is 17.1 Å². The minimum Gasteiger partial charge on any atom is -0.390 e. The van der Waals surface area contributed by atoms with Crippen LogP contribution in [0.5, 0.6) is 0 Å². The van der Waals surface area contributed by atoms with Gasteiger partial charge in [0.1, 0.15) is 0 Å². The van der Waals surface area contributed by atoms with Crippen molar-refractivity contribution in [3.05, 3.63) is 0 Å². The third kappa shape index (κ3) is 3.67. The molecule has 1 heterocycles. The molecule has 1 aliphatic heterocycles. The second kappa shape index (κ2) is 6.72. The molecule has 100 valence electrons. The van der Waals surface area contributed by atoms with Gasteiger partial charge < -0.3 is 10.4 Å². The highest BCUT2D eigenvalue weighted by atomic mass is 16.3. The van der Waals surface area contributed by atoms with Crippen molar-refractivity contribution in [1.29, 1.82) is 0 Å². The lowest BCUT2D eigenvalue weighted by atomic mass is 9.92. The lowest BCUT2D eigenvalue weighted by Crippen LogP contribution is -2.47. The van der Waals surface area contributed by atoms with Crippen LogP contribution in [0.3, 0.4) is 0 Å². The van der Waals surface area contributed by atoms with E-state index in [0.29, 0.717) is 0 Å². The van der Waals surface area contributed by atoms with Crippen LogP contribution in [0.2, 0.25) is 0 Å². The molecule has 3 heteroatoms.